The predicted molar refractivity (Wildman–Crippen MR) is 164 cm³/mol. The van der Waals surface area contributed by atoms with Crippen LogP contribution in [-0.4, -0.2) is 18.9 Å². The van der Waals surface area contributed by atoms with Crippen LogP contribution in [0.1, 0.15) is 35.9 Å². The number of ether oxygens (including phenoxy) is 1. The zero-order valence-corrected chi connectivity index (χ0v) is 24.0. The second kappa shape index (κ2) is 11.5. The number of carbonyl (C=O) groups is 2. The number of rotatable bonds is 4. The van der Waals surface area contributed by atoms with Crippen LogP contribution in [0.3, 0.4) is 0 Å². The van der Waals surface area contributed by atoms with Gasteiger partial charge in [-0.25, -0.2) is 9.18 Å². The second-order valence-corrected chi connectivity index (χ2v) is 11.0. The molecule has 4 aromatic rings. The van der Waals surface area contributed by atoms with E-state index in [1.807, 2.05) is 42.5 Å². The molecule has 6 nitrogen and oxygen atoms in total. The fourth-order valence-electron chi connectivity index (χ4n) is 5.68. The van der Waals surface area contributed by atoms with E-state index in [0.29, 0.717) is 45.3 Å². The number of hydrogen-bond acceptors (Lipinski definition) is 4. The maximum absolute atomic E-state index is 14.7. The van der Waals surface area contributed by atoms with Crippen molar-refractivity contribution >= 4 is 52.1 Å². The SMILES string of the molecule is COc1ccc([C@@H]2CC(=O)C3=C(C2)Nc2ccccc2N(C(=O)Nc2ccc(Cl)c(Cl)c2)[C@H]3c2cccc(F)c2)cc1. The number of Topliss-reactive ketones (excluding diaryl/α,β-unsaturated/α-hetero) is 1. The van der Waals surface area contributed by atoms with Gasteiger partial charge < -0.3 is 15.4 Å². The lowest BCUT2D eigenvalue weighted by Crippen LogP contribution is -2.41. The monoisotopic (exact) mass is 601 g/mol. The molecule has 1 aliphatic heterocycles. The van der Waals surface area contributed by atoms with Crippen molar-refractivity contribution in [3.05, 3.63) is 129 Å². The number of halogens is 3. The smallest absolute Gasteiger partial charge is 0.327 e. The molecule has 1 aliphatic carbocycles. The molecule has 2 N–H and O–H groups in total. The summed E-state index contributed by atoms with van der Waals surface area (Å²) in [6.07, 6.45) is 0.757. The summed E-state index contributed by atoms with van der Waals surface area (Å²) < 4.78 is 20.0. The van der Waals surface area contributed by atoms with Crippen LogP contribution in [0.5, 0.6) is 5.75 Å². The maximum Gasteiger partial charge on any atom is 0.327 e. The van der Waals surface area contributed by atoms with E-state index in [-0.39, 0.29) is 23.1 Å². The van der Waals surface area contributed by atoms with Gasteiger partial charge in [0.2, 0.25) is 0 Å². The summed E-state index contributed by atoms with van der Waals surface area (Å²) in [6.45, 7) is 0. The van der Waals surface area contributed by atoms with Crippen LogP contribution in [0.4, 0.5) is 26.2 Å². The van der Waals surface area contributed by atoms with Gasteiger partial charge in [0, 0.05) is 23.4 Å². The molecule has 0 fully saturated rings. The van der Waals surface area contributed by atoms with E-state index in [9.17, 15) is 14.0 Å². The third-order valence-electron chi connectivity index (χ3n) is 7.63. The first-order valence-corrected chi connectivity index (χ1v) is 14.1. The standard InChI is InChI=1S/C33H26Cl2FN3O3/c1-42-24-12-9-19(10-13-24)21-16-28-31(30(40)17-21)32(20-5-4-6-22(36)15-20)39(29-8-3-2-7-27(29)38-28)33(41)37-23-11-14-25(34)26(35)18-23/h2-15,18,21,32,38H,16-17H2,1H3,(H,37,41)/t21-,32-/m0/s1. The molecule has 0 unspecified atom stereocenters. The third-order valence-corrected chi connectivity index (χ3v) is 8.37. The van der Waals surface area contributed by atoms with Gasteiger partial charge in [0.1, 0.15) is 11.6 Å². The van der Waals surface area contributed by atoms with Crippen LogP contribution in [0.25, 0.3) is 0 Å². The minimum atomic E-state index is -0.904. The number of para-hydroxylation sites is 2. The summed E-state index contributed by atoms with van der Waals surface area (Å²) in [5.74, 6) is 0.0481. The number of anilines is 3. The molecule has 2 amide bonds. The van der Waals surface area contributed by atoms with Gasteiger partial charge in [-0.15, -0.1) is 0 Å². The molecule has 0 saturated carbocycles. The Kier molecular flexibility index (Phi) is 7.62. The maximum atomic E-state index is 14.7. The number of ketones is 1. The van der Waals surface area contributed by atoms with Crippen molar-refractivity contribution < 1.29 is 18.7 Å². The minimum Gasteiger partial charge on any atom is -0.497 e. The van der Waals surface area contributed by atoms with E-state index in [2.05, 4.69) is 10.6 Å². The summed E-state index contributed by atoms with van der Waals surface area (Å²) >= 11 is 12.3. The van der Waals surface area contributed by atoms with E-state index in [1.165, 1.54) is 17.0 Å². The fourth-order valence-corrected chi connectivity index (χ4v) is 5.97. The van der Waals surface area contributed by atoms with Crippen molar-refractivity contribution in [2.75, 3.05) is 22.6 Å². The van der Waals surface area contributed by atoms with Gasteiger partial charge in [-0.2, -0.15) is 0 Å². The number of nitrogens with one attached hydrogen (secondary N) is 2. The number of methoxy groups -OCH3 is 1. The molecule has 0 radical (unpaired) electrons. The molecule has 2 atom stereocenters. The van der Waals surface area contributed by atoms with E-state index in [4.69, 9.17) is 27.9 Å². The third kappa shape index (κ3) is 5.33. The Morgan fingerprint density at radius 1 is 0.929 bits per heavy atom. The number of nitrogens with zero attached hydrogens (tertiary/aromatic N) is 1. The normalized spacial score (nSPS) is 18.0. The van der Waals surface area contributed by atoms with E-state index in [1.54, 1.807) is 43.5 Å². The Morgan fingerprint density at radius 2 is 1.71 bits per heavy atom. The van der Waals surface area contributed by atoms with E-state index >= 15 is 0 Å². The zero-order valence-electron chi connectivity index (χ0n) is 22.5. The Labute approximate surface area is 252 Å². The highest BCUT2D eigenvalue weighted by molar-refractivity contribution is 6.42. The van der Waals surface area contributed by atoms with Crippen molar-refractivity contribution in [2.24, 2.45) is 0 Å². The highest BCUT2D eigenvalue weighted by Crippen LogP contribution is 2.47. The predicted octanol–water partition coefficient (Wildman–Crippen LogP) is 8.75. The van der Waals surface area contributed by atoms with Crippen LogP contribution in [0, 0.1) is 5.82 Å². The number of allylic oxidation sites excluding steroid dienone is 1. The van der Waals surface area contributed by atoms with Crippen LogP contribution in [0.15, 0.2) is 102 Å². The molecular weight excluding hydrogens is 576 g/mol. The second-order valence-electron chi connectivity index (χ2n) is 10.2. The number of fused-ring (bicyclic) bond motifs is 1. The summed E-state index contributed by atoms with van der Waals surface area (Å²) in [5.41, 5.74) is 4.20. The van der Waals surface area contributed by atoms with Crippen LogP contribution in [-0.2, 0) is 4.79 Å². The average molecular weight is 602 g/mol. The molecule has 0 spiro atoms. The van der Waals surface area contributed by atoms with Gasteiger partial charge in [-0.05, 0) is 78.1 Å². The van der Waals surface area contributed by atoms with E-state index < -0.39 is 17.9 Å². The molecule has 212 valence electrons. The van der Waals surface area contributed by atoms with Crippen molar-refractivity contribution in [2.45, 2.75) is 24.8 Å². The van der Waals surface area contributed by atoms with Gasteiger partial charge in [-0.3, -0.25) is 9.69 Å². The first kappa shape index (κ1) is 27.8. The number of benzene rings is 4. The molecule has 1 heterocycles. The van der Waals surface area contributed by atoms with E-state index in [0.717, 1.165) is 11.3 Å². The van der Waals surface area contributed by atoms with Crippen LogP contribution in [0.2, 0.25) is 10.0 Å². The molecular formula is C33H26Cl2FN3O3. The summed E-state index contributed by atoms with van der Waals surface area (Å²) in [4.78, 5) is 29.8. The van der Waals surface area contributed by atoms with Crippen molar-refractivity contribution in [1.82, 2.24) is 0 Å². The Balaban J connectivity index is 1.49. The Morgan fingerprint density at radius 3 is 2.45 bits per heavy atom. The highest BCUT2D eigenvalue weighted by atomic mass is 35.5. The molecule has 42 heavy (non-hydrogen) atoms. The molecule has 6 rings (SSSR count). The minimum absolute atomic E-state index is 0.0911. The number of urea groups is 1. The topological polar surface area (TPSA) is 70.7 Å². The lowest BCUT2D eigenvalue weighted by atomic mass is 9.78. The first-order chi connectivity index (χ1) is 20.3. The molecule has 2 aliphatic rings. The molecule has 4 aromatic carbocycles. The Hall–Kier alpha value is -4.33. The first-order valence-electron chi connectivity index (χ1n) is 13.4. The van der Waals surface area contributed by atoms with Gasteiger partial charge in [0.25, 0.3) is 0 Å². The summed E-state index contributed by atoms with van der Waals surface area (Å²) in [5, 5.41) is 7.00. The molecule has 0 bridgehead atoms. The summed E-state index contributed by atoms with van der Waals surface area (Å²) in [6, 6.07) is 24.4. The quantitative estimate of drug-likeness (QED) is 0.245. The summed E-state index contributed by atoms with van der Waals surface area (Å²) in [7, 11) is 1.61. The Bertz CT molecular complexity index is 1720. The number of amides is 2. The van der Waals surface area contributed by atoms with Crippen molar-refractivity contribution in [3.8, 4) is 5.75 Å². The molecule has 0 saturated heterocycles. The zero-order chi connectivity index (χ0) is 29.4. The van der Waals surface area contributed by atoms with Gasteiger partial charge in [0.05, 0.1) is 34.6 Å². The fraction of sp³-hybridized carbons (Fsp3) is 0.152. The van der Waals surface area contributed by atoms with Crippen LogP contribution < -0.4 is 20.3 Å². The van der Waals surface area contributed by atoms with Gasteiger partial charge >= 0.3 is 6.03 Å². The highest BCUT2D eigenvalue weighted by Gasteiger charge is 2.42. The number of carbonyl (C=O) groups excluding carboxylic acids is 2. The average Bonchev–Trinajstić information content (AvgIpc) is 3.14. The van der Waals surface area contributed by atoms with Gasteiger partial charge in [-0.1, -0.05) is 59.6 Å². The number of hydrogen-bond donors (Lipinski definition) is 2. The van der Waals surface area contributed by atoms with Crippen molar-refractivity contribution in [3.63, 3.8) is 0 Å². The van der Waals surface area contributed by atoms with Gasteiger partial charge in [0.15, 0.2) is 5.78 Å². The lowest BCUT2D eigenvalue weighted by Gasteiger charge is -2.35. The van der Waals surface area contributed by atoms with Crippen LogP contribution >= 0.6 is 23.2 Å². The largest absolute Gasteiger partial charge is 0.497 e. The van der Waals surface area contributed by atoms with Crippen molar-refractivity contribution in [1.29, 1.82) is 0 Å². The lowest BCUT2D eigenvalue weighted by molar-refractivity contribution is -0.116. The molecule has 9 heteroatoms. The molecule has 0 aromatic heterocycles.